The summed E-state index contributed by atoms with van der Waals surface area (Å²) in [5.41, 5.74) is 0.0219. The Morgan fingerprint density at radius 1 is 1.19 bits per heavy atom. The van der Waals surface area contributed by atoms with Crippen LogP contribution in [0.25, 0.3) is 0 Å². The highest BCUT2D eigenvalue weighted by atomic mass is 35.5. The number of alkyl halides is 3. The summed E-state index contributed by atoms with van der Waals surface area (Å²) in [6, 6.07) is 2.67. The lowest BCUT2D eigenvalue weighted by molar-refractivity contribution is -0.141. The molecule has 0 aliphatic heterocycles. The van der Waals surface area contributed by atoms with Crippen molar-refractivity contribution in [2.45, 2.75) is 33.9 Å². The van der Waals surface area contributed by atoms with E-state index in [1.165, 1.54) is 19.2 Å². The van der Waals surface area contributed by atoms with E-state index in [-0.39, 0.29) is 40.5 Å². The fourth-order valence-electron chi connectivity index (χ4n) is 2.29. The highest BCUT2D eigenvalue weighted by Gasteiger charge is 2.34. The molecule has 1 rings (SSSR count). The molecular formula is C18H25ClF3NO3. The molecule has 1 amide bonds. The first-order valence-electron chi connectivity index (χ1n) is 8.31. The topological polar surface area (TPSA) is 38.8 Å². The Morgan fingerprint density at radius 3 is 2.27 bits per heavy atom. The lowest BCUT2D eigenvalue weighted by Crippen LogP contribution is -2.41. The lowest BCUT2D eigenvalue weighted by atomic mass is 10.1. The number of carbonyl (C=O) groups is 1. The summed E-state index contributed by atoms with van der Waals surface area (Å²) in [5, 5.41) is 0.116. The average molecular weight is 396 g/mol. The number of ether oxygens (including phenoxy) is 2. The number of nitrogens with zero attached hydrogens (tertiary/aromatic N) is 1. The minimum Gasteiger partial charge on any atom is -0.493 e. The average Bonchev–Trinajstić information content (AvgIpc) is 2.49. The molecule has 0 aromatic heterocycles. The van der Waals surface area contributed by atoms with Crippen LogP contribution >= 0.6 is 11.6 Å². The van der Waals surface area contributed by atoms with Gasteiger partial charge < -0.3 is 14.4 Å². The molecule has 0 unspecified atom stereocenters. The van der Waals surface area contributed by atoms with Crippen molar-refractivity contribution in [1.82, 2.24) is 4.90 Å². The SMILES string of the molecule is COc1cc(C(=O)N(CC(C)C)CC(F)(F)F)cc(Cl)c1OCC(C)C. The number of rotatable bonds is 8. The van der Waals surface area contributed by atoms with Gasteiger partial charge in [0.1, 0.15) is 6.54 Å². The predicted molar refractivity (Wildman–Crippen MR) is 95.1 cm³/mol. The van der Waals surface area contributed by atoms with Crippen molar-refractivity contribution in [2.24, 2.45) is 11.8 Å². The Labute approximate surface area is 157 Å². The van der Waals surface area contributed by atoms with Gasteiger partial charge in [-0.2, -0.15) is 13.2 Å². The van der Waals surface area contributed by atoms with Crippen molar-refractivity contribution in [3.05, 3.63) is 22.7 Å². The van der Waals surface area contributed by atoms with Gasteiger partial charge in [-0.3, -0.25) is 4.79 Å². The maximum absolute atomic E-state index is 12.8. The maximum Gasteiger partial charge on any atom is 0.406 e. The number of hydrogen-bond donors (Lipinski definition) is 0. The molecule has 0 saturated heterocycles. The van der Waals surface area contributed by atoms with Gasteiger partial charge in [0.2, 0.25) is 0 Å². The monoisotopic (exact) mass is 395 g/mol. The summed E-state index contributed by atoms with van der Waals surface area (Å²) < 4.78 is 49.3. The van der Waals surface area contributed by atoms with Gasteiger partial charge in [-0.05, 0) is 24.0 Å². The standard InChI is InChI=1S/C18H25ClF3NO3/c1-11(2)8-23(10-18(20,21)22)17(24)13-6-14(19)16(15(7-13)25-5)26-9-12(3)4/h6-7,11-12H,8-10H2,1-5H3. The second kappa shape index (κ2) is 9.35. The van der Waals surface area contributed by atoms with Crippen LogP contribution in [0.1, 0.15) is 38.1 Å². The first-order chi connectivity index (χ1) is 11.9. The summed E-state index contributed by atoms with van der Waals surface area (Å²) in [6.07, 6.45) is -4.49. The quantitative estimate of drug-likeness (QED) is 0.618. The van der Waals surface area contributed by atoms with Gasteiger partial charge >= 0.3 is 6.18 Å². The Morgan fingerprint density at radius 2 is 1.81 bits per heavy atom. The highest BCUT2D eigenvalue weighted by molar-refractivity contribution is 6.32. The first kappa shape index (κ1) is 22.4. The third kappa shape index (κ3) is 6.94. The van der Waals surface area contributed by atoms with Crippen molar-refractivity contribution >= 4 is 17.5 Å². The second-order valence-electron chi connectivity index (χ2n) is 6.89. The summed E-state index contributed by atoms with van der Waals surface area (Å²) in [7, 11) is 1.38. The van der Waals surface area contributed by atoms with Crippen LogP contribution in [-0.4, -0.2) is 43.8 Å². The first-order valence-corrected chi connectivity index (χ1v) is 8.68. The van der Waals surface area contributed by atoms with Crippen LogP contribution in [0.3, 0.4) is 0 Å². The summed E-state index contributed by atoms with van der Waals surface area (Å²) in [5.74, 6) is -0.159. The Kier molecular flexibility index (Phi) is 8.06. The number of halogens is 4. The van der Waals surface area contributed by atoms with Gasteiger partial charge in [-0.1, -0.05) is 39.3 Å². The van der Waals surface area contributed by atoms with Gasteiger partial charge in [0.25, 0.3) is 5.91 Å². The number of methoxy groups -OCH3 is 1. The molecule has 0 aliphatic carbocycles. The zero-order valence-corrected chi connectivity index (χ0v) is 16.4. The van der Waals surface area contributed by atoms with Crippen LogP contribution in [0.15, 0.2) is 12.1 Å². The van der Waals surface area contributed by atoms with Crippen molar-refractivity contribution in [3.63, 3.8) is 0 Å². The number of amides is 1. The van der Waals surface area contributed by atoms with Crippen LogP contribution in [0.5, 0.6) is 11.5 Å². The van der Waals surface area contributed by atoms with Crippen LogP contribution in [0.4, 0.5) is 13.2 Å². The van der Waals surface area contributed by atoms with E-state index >= 15 is 0 Å². The summed E-state index contributed by atoms with van der Waals surface area (Å²) in [6.45, 7) is 6.44. The number of hydrogen-bond acceptors (Lipinski definition) is 3. The van der Waals surface area contributed by atoms with Crippen LogP contribution in [0, 0.1) is 11.8 Å². The van der Waals surface area contributed by atoms with Gasteiger partial charge in [-0.25, -0.2) is 0 Å². The Hall–Kier alpha value is -1.63. The molecule has 8 heteroatoms. The van der Waals surface area contributed by atoms with Crippen molar-refractivity contribution < 1.29 is 27.4 Å². The van der Waals surface area contributed by atoms with E-state index in [2.05, 4.69) is 0 Å². The number of benzene rings is 1. The summed E-state index contributed by atoms with van der Waals surface area (Å²) in [4.78, 5) is 13.4. The molecular weight excluding hydrogens is 371 g/mol. The van der Waals surface area contributed by atoms with Gasteiger partial charge in [0.05, 0.1) is 18.7 Å². The molecule has 0 spiro atoms. The molecule has 0 bridgehead atoms. The molecule has 0 N–H and O–H groups in total. The molecule has 0 atom stereocenters. The van der Waals surface area contributed by atoms with Crippen molar-refractivity contribution in [1.29, 1.82) is 0 Å². The maximum atomic E-state index is 12.8. The van der Waals surface area contributed by atoms with Crippen molar-refractivity contribution in [2.75, 3.05) is 26.8 Å². The smallest absolute Gasteiger partial charge is 0.406 e. The molecule has 0 heterocycles. The van der Waals surface area contributed by atoms with E-state index in [0.29, 0.717) is 6.61 Å². The van der Waals surface area contributed by atoms with E-state index in [9.17, 15) is 18.0 Å². The molecule has 0 fully saturated rings. The van der Waals surface area contributed by atoms with Crippen LogP contribution in [0.2, 0.25) is 5.02 Å². The van der Waals surface area contributed by atoms with E-state index < -0.39 is 18.6 Å². The van der Waals surface area contributed by atoms with Gasteiger partial charge in [-0.15, -0.1) is 0 Å². The normalized spacial score (nSPS) is 11.8. The molecule has 0 radical (unpaired) electrons. The predicted octanol–water partition coefficient (Wildman–Crippen LogP) is 5.04. The Balaban J connectivity index is 3.18. The van der Waals surface area contributed by atoms with Gasteiger partial charge in [0, 0.05) is 12.1 Å². The fraction of sp³-hybridized carbons (Fsp3) is 0.611. The van der Waals surface area contributed by atoms with E-state index in [1.807, 2.05) is 13.8 Å². The third-order valence-electron chi connectivity index (χ3n) is 3.28. The van der Waals surface area contributed by atoms with Crippen LogP contribution in [-0.2, 0) is 0 Å². The van der Waals surface area contributed by atoms with E-state index in [4.69, 9.17) is 21.1 Å². The zero-order chi connectivity index (χ0) is 20.1. The molecule has 1 aromatic carbocycles. The minimum atomic E-state index is -4.49. The fourth-order valence-corrected chi connectivity index (χ4v) is 2.56. The van der Waals surface area contributed by atoms with Crippen molar-refractivity contribution in [3.8, 4) is 11.5 Å². The Bertz CT molecular complexity index is 618. The number of carbonyl (C=O) groups excluding carboxylic acids is 1. The summed E-state index contributed by atoms with van der Waals surface area (Å²) >= 11 is 6.19. The lowest BCUT2D eigenvalue weighted by Gasteiger charge is -2.26. The zero-order valence-electron chi connectivity index (χ0n) is 15.6. The molecule has 148 valence electrons. The van der Waals surface area contributed by atoms with E-state index in [1.54, 1.807) is 13.8 Å². The largest absolute Gasteiger partial charge is 0.493 e. The van der Waals surface area contributed by atoms with Crippen LogP contribution < -0.4 is 9.47 Å². The highest BCUT2D eigenvalue weighted by Crippen LogP contribution is 2.37. The molecule has 0 saturated carbocycles. The van der Waals surface area contributed by atoms with Gasteiger partial charge in [0.15, 0.2) is 11.5 Å². The van der Waals surface area contributed by atoms with E-state index in [0.717, 1.165) is 4.90 Å². The minimum absolute atomic E-state index is 0.0219. The molecule has 26 heavy (non-hydrogen) atoms. The second-order valence-corrected chi connectivity index (χ2v) is 7.30. The molecule has 4 nitrogen and oxygen atoms in total. The molecule has 1 aromatic rings. The molecule has 0 aliphatic rings. The third-order valence-corrected chi connectivity index (χ3v) is 3.56.